The van der Waals surface area contributed by atoms with Crippen molar-refractivity contribution in [3.63, 3.8) is 0 Å². The highest BCUT2D eigenvalue weighted by atomic mass is 32.1. The van der Waals surface area contributed by atoms with Crippen LogP contribution in [0, 0.1) is 0 Å². The Kier molecular flexibility index (Phi) is 3.71. The lowest BCUT2D eigenvalue weighted by atomic mass is 10.0. The maximum atomic E-state index is 10.2. The molecule has 0 saturated carbocycles. The summed E-state index contributed by atoms with van der Waals surface area (Å²) in [5.41, 5.74) is 0.890. The van der Waals surface area contributed by atoms with Crippen LogP contribution in [0.25, 0.3) is 0 Å². The van der Waals surface area contributed by atoms with Crippen LogP contribution in [0.4, 0.5) is 0 Å². The number of ether oxygens (including phenoxy) is 2. The molecular weight excluding hydrogens is 260 g/mol. The number of rotatable bonds is 4. The van der Waals surface area contributed by atoms with E-state index in [0.29, 0.717) is 13.2 Å². The largest absolute Gasteiger partial charge is 0.486 e. The van der Waals surface area contributed by atoms with Gasteiger partial charge in [0.1, 0.15) is 13.2 Å². The van der Waals surface area contributed by atoms with Gasteiger partial charge >= 0.3 is 0 Å². The summed E-state index contributed by atoms with van der Waals surface area (Å²) in [4.78, 5) is 1.30. The molecular formula is C15H16O3S. The molecule has 1 unspecified atom stereocenters. The second-order valence-corrected chi connectivity index (χ2v) is 5.57. The summed E-state index contributed by atoms with van der Waals surface area (Å²) >= 11 is 1.73. The van der Waals surface area contributed by atoms with E-state index in [0.717, 1.165) is 29.9 Å². The van der Waals surface area contributed by atoms with Gasteiger partial charge in [-0.1, -0.05) is 12.1 Å². The molecule has 0 aliphatic carbocycles. The quantitative estimate of drug-likeness (QED) is 0.932. The van der Waals surface area contributed by atoms with Gasteiger partial charge in [-0.05, 0) is 42.0 Å². The van der Waals surface area contributed by atoms with Crippen LogP contribution in [-0.4, -0.2) is 18.3 Å². The first-order valence-electron chi connectivity index (χ1n) is 6.43. The molecule has 2 aromatic rings. The third kappa shape index (κ3) is 2.91. The number of hydrogen-bond acceptors (Lipinski definition) is 4. The highest BCUT2D eigenvalue weighted by Gasteiger charge is 2.15. The zero-order valence-corrected chi connectivity index (χ0v) is 11.4. The lowest BCUT2D eigenvalue weighted by molar-refractivity contribution is 0.160. The first-order chi connectivity index (χ1) is 9.33. The third-order valence-electron chi connectivity index (χ3n) is 3.20. The Balaban J connectivity index is 1.67. The number of hydrogen-bond donors (Lipinski definition) is 1. The van der Waals surface area contributed by atoms with Crippen LogP contribution in [0.3, 0.4) is 0 Å². The summed E-state index contributed by atoms with van der Waals surface area (Å²) in [5.74, 6) is 1.50. The average Bonchev–Trinajstić information content (AvgIpc) is 2.97. The second kappa shape index (κ2) is 5.63. The van der Waals surface area contributed by atoms with Crippen molar-refractivity contribution in [1.82, 2.24) is 0 Å². The Morgan fingerprint density at radius 2 is 2.00 bits per heavy atom. The Hall–Kier alpha value is -1.52. The maximum Gasteiger partial charge on any atom is 0.161 e. The zero-order chi connectivity index (χ0) is 13.1. The van der Waals surface area contributed by atoms with Gasteiger partial charge in [0.2, 0.25) is 0 Å². The van der Waals surface area contributed by atoms with Crippen molar-refractivity contribution in [2.75, 3.05) is 13.2 Å². The lowest BCUT2D eigenvalue weighted by Gasteiger charge is -2.20. The highest BCUT2D eigenvalue weighted by molar-refractivity contribution is 7.09. The molecule has 3 rings (SSSR count). The van der Waals surface area contributed by atoms with Gasteiger partial charge in [0, 0.05) is 4.88 Å². The van der Waals surface area contributed by atoms with Crippen LogP contribution in [-0.2, 0) is 6.42 Å². The molecule has 0 spiro atoms. The van der Waals surface area contributed by atoms with E-state index in [1.165, 1.54) is 4.88 Å². The van der Waals surface area contributed by atoms with Gasteiger partial charge in [-0.2, -0.15) is 0 Å². The molecule has 1 aliphatic rings. The van der Waals surface area contributed by atoms with Crippen LogP contribution >= 0.6 is 11.3 Å². The summed E-state index contributed by atoms with van der Waals surface area (Å²) in [5, 5.41) is 12.3. The molecule has 0 fully saturated rings. The summed E-state index contributed by atoms with van der Waals surface area (Å²) in [6.07, 6.45) is 1.16. The number of benzene rings is 1. The van der Waals surface area contributed by atoms with Crippen LogP contribution in [0.5, 0.6) is 11.5 Å². The summed E-state index contributed by atoms with van der Waals surface area (Å²) in [6, 6.07) is 9.80. The third-order valence-corrected chi connectivity index (χ3v) is 4.13. The van der Waals surface area contributed by atoms with Crippen molar-refractivity contribution in [1.29, 1.82) is 0 Å². The molecule has 1 aromatic heterocycles. The number of thiophene rings is 1. The van der Waals surface area contributed by atoms with Gasteiger partial charge in [-0.15, -0.1) is 11.3 Å². The lowest BCUT2D eigenvalue weighted by Crippen LogP contribution is -2.15. The van der Waals surface area contributed by atoms with Gasteiger partial charge in [0.15, 0.2) is 11.5 Å². The van der Waals surface area contributed by atoms with Gasteiger partial charge in [0.05, 0.1) is 6.10 Å². The molecule has 0 bridgehead atoms. The van der Waals surface area contributed by atoms with E-state index in [4.69, 9.17) is 9.47 Å². The summed E-state index contributed by atoms with van der Waals surface area (Å²) < 4.78 is 11.0. The smallest absolute Gasteiger partial charge is 0.161 e. The van der Waals surface area contributed by atoms with E-state index in [-0.39, 0.29) is 0 Å². The van der Waals surface area contributed by atoms with Crippen molar-refractivity contribution < 1.29 is 14.6 Å². The number of aliphatic hydroxyl groups is 1. The molecule has 1 atom stereocenters. The predicted molar refractivity (Wildman–Crippen MR) is 75.0 cm³/mol. The summed E-state index contributed by atoms with van der Waals surface area (Å²) in [7, 11) is 0. The molecule has 100 valence electrons. The van der Waals surface area contributed by atoms with E-state index >= 15 is 0 Å². The predicted octanol–water partition coefficient (Wildman–Crippen LogP) is 3.19. The van der Waals surface area contributed by atoms with Gasteiger partial charge < -0.3 is 14.6 Å². The molecule has 0 radical (unpaired) electrons. The van der Waals surface area contributed by atoms with E-state index in [9.17, 15) is 5.11 Å². The van der Waals surface area contributed by atoms with Crippen molar-refractivity contribution >= 4 is 11.3 Å². The monoisotopic (exact) mass is 276 g/mol. The van der Waals surface area contributed by atoms with Gasteiger partial charge in [-0.3, -0.25) is 0 Å². The highest BCUT2D eigenvalue weighted by Crippen LogP contribution is 2.33. The second-order valence-electron chi connectivity index (χ2n) is 4.54. The SMILES string of the molecule is OC(CCc1cccs1)c1ccc2c(c1)OCCO2. The number of fused-ring (bicyclic) bond motifs is 1. The van der Waals surface area contributed by atoms with Crippen molar-refractivity contribution in [2.24, 2.45) is 0 Å². The normalized spacial score (nSPS) is 15.2. The molecule has 2 heterocycles. The minimum absolute atomic E-state index is 0.460. The first-order valence-corrected chi connectivity index (χ1v) is 7.31. The summed E-state index contributed by atoms with van der Waals surface area (Å²) in [6.45, 7) is 1.16. The van der Waals surface area contributed by atoms with Gasteiger partial charge in [0.25, 0.3) is 0 Å². The minimum Gasteiger partial charge on any atom is -0.486 e. The Morgan fingerprint density at radius 3 is 2.79 bits per heavy atom. The fourth-order valence-corrected chi connectivity index (χ4v) is 2.89. The Bertz CT molecular complexity index is 536. The molecule has 4 heteroatoms. The molecule has 0 amide bonds. The number of aryl methyl sites for hydroxylation is 1. The van der Waals surface area contributed by atoms with Crippen LogP contribution < -0.4 is 9.47 Å². The van der Waals surface area contributed by atoms with Crippen LogP contribution in [0.15, 0.2) is 35.7 Å². The zero-order valence-electron chi connectivity index (χ0n) is 10.5. The van der Waals surface area contributed by atoms with E-state index in [1.807, 2.05) is 24.3 Å². The minimum atomic E-state index is -0.460. The Labute approximate surface area is 116 Å². The first kappa shape index (κ1) is 12.5. The topological polar surface area (TPSA) is 38.7 Å². The Morgan fingerprint density at radius 1 is 1.16 bits per heavy atom. The maximum absolute atomic E-state index is 10.2. The van der Waals surface area contributed by atoms with Crippen molar-refractivity contribution in [3.8, 4) is 11.5 Å². The van der Waals surface area contributed by atoms with Crippen molar-refractivity contribution in [2.45, 2.75) is 18.9 Å². The van der Waals surface area contributed by atoms with Gasteiger partial charge in [-0.25, -0.2) is 0 Å². The van der Waals surface area contributed by atoms with Crippen LogP contribution in [0.2, 0.25) is 0 Å². The van der Waals surface area contributed by atoms with E-state index in [1.54, 1.807) is 11.3 Å². The molecule has 1 aromatic carbocycles. The van der Waals surface area contributed by atoms with Crippen molar-refractivity contribution in [3.05, 3.63) is 46.2 Å². The van der Waals surface area contributed by atoms with E-state index in [2.05, 4.69) is 11.4 Å². The standard InChI is InChI=1S/C15H16O3S/c16-13(5-4-12-2-1-9-19-12)11-3-6-14-15(10-11)18-8-7-17-14/h1-3,6,9-10,13,16H,4-5,7-8H2. The molecule has 0 saturated heterocycles. The fraction of sp³-hybridized carbons (Fsp3) is 0.333. The number of aliphatic hydroxyl groups excluding tert-OH is 1. The molecule has 3 nitrogen and oxygen atoms in total. The average molecular weight is 276 g/mol. The fourth-order valence-electron chi connectivity index (χ4n) is 2.17. The van der Waals surface area contributed by atoms with Crippen LogP contribution in [0.1, 0.15) is 23.0 Å². The van der Waals surface area contributed by atoms with E-state index < -0.39 is 6.10 Å². The molecule has 1 N–H and O–H groups in total. The molecule has 19 heavy (non-hydrogen) atoms. The molecule has 1 aliphatic heterocycles.